The van der Waals surface area contributed by atoms with Crippen LogP contribution in [0.5, 0.6) is 0 Å². The minimum absolute atomic E-state index is 0.326. The predicted molar refractivity (Wildman–Crippen MR) is 71.7 cm³/mol. The van der Waals surface area contributed by atoms with Crippen molar-refractivity contribution in [1.82, 2.24) is 10.5 Å². The van der Waals surface area contributed by atoms with Crippen LogP contribution < -0.4 is 5.48 Å². The lowest BCUT2D eigenvalue weighted by atomic mass is 10.2. The fourth-order valence-electron chi connectivity index (χ4n) is 1.46. The Morgan fingerprint density at radius 3 is 3.22 bits per heavy atom. The van der Waals surface area contributed by atoms with E-state index in [-0.39, 0.29) is 12.2 Å². The van der Waals surface area contributed by atoms with E-state index in [1.165, 1.54) is 17.4 Å². The number of rotatable bonds is 4. The van der Waals surface area contributed by atoms with Crippen LogP contribution in [-0.4, -0.2) is 23.8 Å². The van der Waals surface area contributed by atoms with Crippen LogP contribution in [0.2, 0.25) is 0 Å². The number of carbonyl (C=O) groups excluding carboxylic acids is 1. The third-order valence-corrected chi connectivity index (χ3v) is 3.71. The monoisotopic (exact) mass is 332 g/mol. The number of hydroxylamine groups is 1. The molecule has 1 unspecified atom stereocenters. The van der Waals surface area contributed by atoms with Gasteiger partial charge in [-0.1, -0.05) is 0 Å². The molecule has 1 N–H and O–H groups in total. The molecule has 0 saturated carbocycles. The molecule has 1 aliphatic rings. The molecule has 1 fully saturated rings. The molecule has 7 heteroatoms. The Bertz CT molecular complexity index is 430. The van der Waals surface area contributed by atoms with Gasteiger partial charge >= 0.3 is 0 Å². The molecule has 0 spiro atoms. The summed E-state index contributed by atoms with van der Waals surface area (Å²) in [4.78, 5) is 20.7. The van der Waals surface area contributed by atoms with Crippen LogP contribution in [0.1, 0.15) is 25.0 Å². The van der Waals surface area contributed by atoms with E-state index in [4.69, 9.17) is 9.57 Å². The topological polar surface area (TPSA) is 60.5 Å². The van der Waals surface area contributed by atoms with Gasteiger partial charge in [-0.25, -0.2) is 15.3 Å². The second-order valence-corrected chi connectivity index (χ2v) is 5.87. The molecule has 0 aliphatic carbocycles. The zero-order chi connectivity index (χ0) is 12.8. The lowest BCUT2D eigenvalue weighted by Gasteiger charge is -2.21. The first-order valence-electron chi connectivity index (χ1n) is 5.60. The summed E-state index contributed by atoms with van der Waals surface area (Å²) in [5.74, 6) is -0.326. The maximum atomic E-state index is 11.5. The molecule has 1 saturated heterocycles. The van der Waals surface area contributed by atoms with Crippen molar-refractivity contribution in [3.63, 3.8) is 0 Å². The fraction of sp³-hybridized carbons (Fsp3) is 0.455. The van der Waals surface area contributed by atoms with Crippen molar-refractivity contribution in [2.45, 2.75) is 25.6 Å². The number of hydrogen-bond donors (Lipinski definition) is 1. The van der Waals surface area contributed by atoms with E-state index in [0.717, 1.165) is 28.9 Å². The second kappa shape index (κ2) is 6.98. The van der Waals surface area contributed by atoms with Gasteiger partial charge in [0, 0.05) is 24.5 Å². The SMILES string of the molecule is O=C(/C=C/c1csc(Br)n1)NOC1CCCCO1. The number of nitrogens with zero attached hydrogens (tertiary/aromatic N) is 1. The van der Waals surface area contributed by atoms with Crippen molar-refractivity contribution in [2.75, 3.05) is 6.61 Å². The average Bonchev–Trinajstić information content (AvgIpc) is 2.81. The van der Waals surface area contributed by atoms with E-state index in [9.17, 15) is 4.79 Å². The molecule has 2 heterocycles. The number of aromatic nitrogens is 1. The molecule has 0 aromatic carbocycles. The van der Waals surface area contributed by atoms with E-state index < -0.39 is 0 Å². The Morgan fingerprint density at radius 1 is 1.67 bits per heavy atom. The van der Waals surface area contributed by atoms with Crippen LogP contribution in [0.3, 0.4) is 0 Å². The van der Waals surface area contributed by atoms with Crippen molar-refractivity contribution in [3.8, 4) is 0 Å². The molecule has 2 rings (SSSR count). The first kappa shape index (κ1) is 13.7. The van der Waals surface area contributed by atoms with Gasteiger partial charge in [-0.2, -0.15) is 0 Å². The van der Waals surface area contributed by atoms with Crippen molar-refractivity contribution in [1.29, 1.82) is 0 Å². The minimum atomic E-state index is -0.329. The van der Waals surface area contributed by atoms with Crippen molar-refractivity contribution in [2.24, 2.45) is 0 Å². The van der Waals surface area contributed by atoms with Crippen LogP contribution in [0, 0.1) is 0 Å². The number of nitrogens with one attached hydrogen (secondary N) is 1. The minimum Gasteiger partial charge on any atom is -0.350 e. The van der Waals surface area contributed by atoms with Crippen molar-refractivity contribution in [3.05, 3.63) is 21.1 Å². The van der Waals surface area contributed by atoms with Gasteiger partial charge in [0.25, 0.3) is 5.91 Å². The zero-order valence-corrected chi connectivity index (χ0v) is 12.0. The lowest BCUT2D eigenvalue weighted by Crippen LogP contribution is -2.32. The van der Waals surface area contributed by atoms with Gasteiger partial charge < -0.3 is 4.74 Å². The number of halogens is 1. The highest BCUT2D eigenvalue weighted by Gasteiger charge is 2.14. The molecule has 5 nitrogen and oxygen atoms in total. The molecule has 1 aromatic heterocycles. The zero-order valence-electron chi connectivity index (χ0n) is 9.60. The van der Waals surface area contributed by atoms with E-state index in [1.54, 1.807) is 6.08 Å². The summed E-state index contributed by atoms with van der Waals surface area (Å²) < 4.78 is 6.10. The largest absolute Gasteiger partial charge is 0.350 e. The first-order chi connectivity index (χ1) is 8.74. The first-order valence-corrected chi connectivity index (χ1v) is 7.27. The lowest BCUT2D eigenvalue weighted by molar-refractivity contribution is -0.198. The van der Waals surface area contributed by atoms with Crippen LogP contribution in [0.15, 0.2) is 15.4 Å². The molecule has 1 amide bonds. The average molecular weight is 333 g/mol. The van der Waals surface area contributed by atoms with Gasteiger partial charge in [-0.3, -0.25) is 4.79 Å². The smallest absolute Gasteiger partial charge is 0.267 e. The molecule has 1 aromatic rings. The summed E-state index contributed by atoms with van der Waals surface area (Å²) in [5.41, 5.74) is 3.07. The summed E-state index contributed by atoms with van der Waals surface area (Å²) >= 11 is 4.72. The fourth-order valence-corrected chi connectivity index (χ4v) is 2.46. The standard InChI is InChI=1S/C11H13BrN2O3S/c12-11-13-8(7-18-11)4-5-9(15)14-17-10-3-1-2-6-16-10/h4-5,7,10H,1-3,6H2,(H,14,15)/b5-4+. The molecule has 98 valence electrons. The molecular formula is C11H13BrN2O3S. The van der Waals surface area contributed by atoms with Gasteiger partial charge in [0.2, 0.25) is 0 Å². The summed E-state index contributed by atoms with van der Waals surface area (Å²) in [6, 6.07) is 0. The number of amides is 1. The van der Waals surface area contributed by atoms with Crippen LogP contribution in [0.25, 0.3) is 6.08 Å². The highest BCUT2D eigenvalue weighted by molar-refractivity contribution is 9.11. The quantitative estimate of drug-likeness (QED) is 0.679. The third kappa shape index (κ3) is 4.49. The van der Waals surface area contributed by atoms with Gasteiger partial charge in [-0.05, 0) is 34.8 Å². The number of carbonyl (C=O) groups is 1. The third-order valence-electron chi connectivity index (χ3n) is 2.33. The Kier molecular flexibility index (Phi) is 5.30. The molecule has 1 atom stereocenters. The van der Waals surface area contributed by atoms with Gasteiger partial charge in [0.05, 0.1) is 5.69 Å². The molecule has 0 radical (unpaired) electrons. The number of thiazole rings is 1. The van der Waals surface area contributed by atoms with Crippen LogP contribution >= 0.6 is 27.3 Å². The van der Waals surface area contributed by atoms with Crippen LogP contribution in [-0.2, 0) is 14.4 Å². The van der Waals surface area contributed by atoms with Gasteiger partial charge in [0.15, 0.2) is 10.2 Å². The second-order valence-electron chi connectivity index (χ2n) is 3.74. The highest BCUT2D eigenvalue weighted by atomic mass is 79.9. The molecule has 0 bridgehead atoms. The molecular weight excluding hydrogens is 320 g/mol. The van der Waals surface area contributed by atoms with E-state index in [1.807, 2.05) is 5.38 Å². The molecule has 18 heavy (non-hydrogen) atoms. The summed E-state index contributed by atoms with van der Waals surface area (Å²) in [6.45, 7) is 0.684. The van der Waals surface area contributed by atoms with E-state index >= 15 is 0 Å². The number of ether oxygens (including phenoxy) is 1. The van der Waals surface area contributed by atoms with E-state index in [0.29, 0.717) is 6.61 Å². The van der Waals surface area contributed by atoms with Crippen LogP contribution in [0.4, 0.5) is 0 Å². The summed E-state index contributed by atoms with van der Waals surface area (Å²) in [5, 5.41) is 1.85. The Morgan fingerprint density at radius 2 is 2.56 bits per heavy atom. The van der Waals surface area contributed by atoms with Crippen molar-refractivity contribution >= 4 is 39.2 Å². The Hall–Kier alpha value is -0.760. The number of hydrogen-bond acceptors (Lipinski definition) is 5. The maximum Gasteiger partial charge on any atom is 0.267 e. The Labute approximate surface area is 117 Å². The normalized spacial score (nSPS) is 20.2. The van der Waals surface area contributed by atoms with Gasteiger partial charge in [-0.15, -0.1) is 11.3 Å². The Balaban J connectivity index is 1.73. The van der Waals surface area contributed by atoms with Gasteiger partial charge in [0.1, 0.15) is 0 Å². The maximum absolute atomic E-state index is 11.5. The predicted octanol–water partition coefficient (Wildman–Crippen LogP) is 2.49. The summed E-state index contributed by atoms with van der Waals surface area (Å²) in [7, 11) is 0. The summed E-state index contributed by atoms with van der Waals surface area (Å²) in [6.07, 6.45) is 5.59. The van der Waals surface area contributed by atoms with E-state index in [2.05, 4.69) is 26.4 Å². The highest BCUT2D eigenvalue weighted by Crippen LogP contribution is 2.16. The van der Waals surface area contributed by atoms with Crippen molar-refractivity contribution < 1.29 is 14.4 Å². The molecule has 1 aliphatic heterocycles.